The van der Waals surface area contributed by atoms with Crippen LogP contribution in [-0.4, -0.2) is 59.2 Å². The summed E-state index contributed by atoms with van der Waals surface area (Å²) in [5.74, 6) is -0.592. The highest BCUT2D eigenvalue weighted by atomic mass is 19.1. The van der Waals surface area contributed by atoms with E-state index in [1.165, 1.54) is 36.5 Å². The van der Waals surface area contributed by atoms with E-state index in [9.17, 15) is 14.0 Å². The summed E-state index contributed by atoms with van der Waals surface area (Å²) in [5.41, 5.74) is -0.726. The van der Waals surface area contributed by atoms with E-state index in [1.54, 1.807) is 6.07 Å². The molecule has 0 aliphatic carbocycles. The Kier molecular flexibility index (Phi) is 5.44. The Hall–Kier alpha value is -2.28. The van der Waals surface area contributed by atoms with E-state index in [0.717, 1.165) is 0 Å². The average molecular weight is 321 g/mol. The van der Waals surface area contributed by atoms with E-state index in [4.69, 9.17) is 5.11 Å². The fourth-order valence-electron chi connectivity index (χ4n) is 2.49. The number of nitrogens with one attached hydrogen (secondary N) is 1. The van der Waals surface area contributed by atoms with Crippen molar-refractivity contribution in [3.8, 4) is 0 Å². The van der Waals surface area contributed by atoms with E-state index >= 15 is 0 Å². The van der Waals surface area contributed by atoms with Crippen LogP contribution in [0.25, 0.3) is 6.08 Å². The van der Waals surface area contributed by atoms with Gasteiger partial charge in [0.2, 0.25) is 5.91 Å². The lowest BCUT2D eigenvalue weighted by molar-refractivity contribution is -0.131. The number of carbonyl (C=O) groups excluding carboxylic acids is 2. The van der Waals surface area contributed by atoms with Crippen LogP contribution in [0.15, 0.2) is 24.5 Å². The Bertz CT molecular complexity index is 620. The molecular formula is C16H20FN3O3. The van der Waals surface area contributed by atoms with Crippen LogP contribution >= 0.6 is 0 Å². The summed E-state index contributed by atoms with van der Waals surface area (Å²) in [6.07, 6.45) is 6.60. The number of rotatable bonds is 4. The average Bonchev–Trinajstić information content (AvgIpc) is 2.59. The predicted octanol–water partition coefficient (Wildman–Crippen LogP) is 0.777. The van der Waals surface area contributed by atoms with Crippen LogP contribution in [0.2, 0.25) is 0 Å². The molecule has 1 unspecified atom stereocenters. The molecule has 0 spiro atoms. The molecule has 1 aromatic heterocycles. The number of hydrogen-bond donors (Lipinski definition) is 2. The standard InChI is InChI=1S/C16H20FN3O3/c1-18-15(23)13-7-12(8-19-9-13)3-4-14(22)20-6-2-5-16(17,10-20)11-21/h3-4,7-9,21H,2,5-6,10-11H2,1H3,(H,18,23)/b4-3+. The summed E-state index contributed by atoms with van der Waals surface area (Å²) < 4.78 is 14.1. The van der Waals surface area contributed by atoms with Crippen molar-refractivity contribution in [1.29, 1.82) is 0 Å². The normalized spacial score (nSPS) is 21.4. The molecule has 2 heterocycles. The highest BCUT2D eigenvalue weighted by Crippen LogP contribution is 2.24. The summed E-state index contributed by atoms with van der Waals surface area (Å²) >= 11 is 0. The minimum absolute atomic E-state index is 0.108. The lowest BCUT2D eigenvalue weighted by Gasteiger charge is -2.35. The van der Waals surface area contributed by atoms with Crippen molar-refractivity contribution in [2.75, 3.05) is 26.7 Å². The molecule has 6 nitrogen and oxygen atoms in total. The molecule has 1 saturated heterocycles. The van der Waals surface area contributed by atoms with Gasteiger partial charge in [-0.1, -0.05) is 0 Å². The summed E-state index contributed by atoms with van der Waals surface area (Å²) in [7, 11) is 1.52. The van der Waals surface area contributed by atoms with Crippen molar-refractivity contribution >= 4 is 17.9 Å². The number of carbonyl (C=O) groups is 2. The van der Waals surface area contributed by atoms with Gasteiger partial charge < -0.3 is 15.3 Å². The van der Waals surface area contributed by atoms with Gasteiger partial charge >= 0.3 is 0 Å². The molecule has 1 atom stereocenters. The quantitative estimate of drug-likeness (QED) is 0.803. The van der Waals surface area contributed by atoms with Crippen LogP contribution in [-0.2, 0) is 4.79 Å². The maximum absolute atomic E-state index is 14.1. The first kappa shape index (κ1) is 17.1. The summed E-state index contributed by atoms with van der Waals surface area (Å²) in [6.45, 7) is -0.229. The van der Waals surface area contributed by atoms with Gasteiger partial charge in [0.15, 0.2) is 5.67 Å². The molecule has 0 bridgehead atoms. The van der Waals surface area contributed by atoms with Crippen molar-refractivity contribution in [3.05, 3.63) is 35.7 Å². The van der Waals surface area contributed by atoms with Crippen molar-refractivity contribution in [3.63, 3.8) is 0 Å². The minimum Gasteiger partial charge on any atom is -0.393 e. The van der Waals surface area contributed by atoms with Gasteiger partial charge in [0.25, 0.3) is 5.91 Å². The first-order chi connectivity index (χ1) is 11.0. The minimum atomic E-state index is -1.72. The molecule has 0 aromatic carbocycles. The molecule has 0 saturated carbocycles. The number of aliphatic hydroxyl groups is 1. The van der Waals surface area contributed by atoms with Gasteiger partial charge in [-0.15, -0.1) is 0 Å². The van der Waals surface area contributed by atoms with Gasteiger partial charge in [0.05, 0.1) is 18.7 Å². The SMILES string of the molecule is CNC(=O)c1cncc(/C=C/C(=O)N2CCCC(F)(CO)C2)c1. The zero-order chi connectivity index (χ0) is 16.9. The second-order valence-corrected chi connectivity index (χ2v) is 5.59. The number of piperidine rings is 1. The van der Waals surface area contributed by atoms with Gasteiger partial charge in [-0.05, 0) is 30.5 Å². The van der Waals surface area contributed by atoms with E-state index in [-0.39, 0.29) is 24.8 Å². The fraction of sp³-hybridized carbons (Fsp3) is 0.438. The molecule has 1 fully saturated rings. The van der Waals surface area contributed by atoms with Gasteiger partial charge in [-0.3, -0.25) is 14.6 Å². The molecule has 1 aliphatic rings. The number of nitrogens with zero attached hydrogens (tertiary/aromatic N) is 2. The number of hydrogen-bond acceptors (Lipinski definition) is 4. The monoisotopic (exact) mass is 321 g/mol. The maximum atomic E-state index is 14.1. The lowest BCUT2D eigenvalue weighted by Crippen LogP contribution is -2.49. The molecule has 0 radical (unpaired) electrons. The van der Waals surface area contributed by atoms with Crippen molar-refractivity contribution < 1.29 is 19.1 Å². The lowest BCUT2D eigenvalue weighted by atomic mass is 9.95. The van der Waals surface area contributed by atoms with E-state index in [0.29, 0.717) is 24.1 Å². The molecular weight excluding hydrogens is 301 g/mol. The topological polar surface area (TPSA) is 82.5 Å². The first-order valence-corrected chi connectivity index (χ1v) is 7.41. The smallest absolute Gasteiger partial charge is 0.252 e. The Morgan fingerprint density at radius 2 is 2.30 bits per heavy atom. The van der Waals surface area contributed by atoms with Crippen LogP contribution in [0.3, 0.4) is 0 Å². The third kappa shape index (κ3) is 4.35. The summed E-state index contributed by atoms with van der Waals surface area (Å²) in [6, 6.07) is 1.61. The summed E-state index contributed by atoms with van der Waals surface area (Å²) in [5, 5.41) is 11.6. The number of aromatic nitrogens is 1. The molecule has 1 aliphatic heterocycles. The third-order valence-corrected chi connectivity index (χ3v) is 3.79. The largest absolute Gasteiger partial charge is 0.393 e. The predicted molar refractivity (Wildman–Crippen MR) is 83.4 cm³/mol. The number of halogens is 1. The van der Waals surface area contributed by atoms with Crippen molar-refractivity contribution in [2.24, 2.45) is 0 Å². The number of amides is 2. The molecule has 2 N–H and O–H groups in total. The number of alkyl halides is 1. The molecule has 2 rings (SSSR count). The Balaban J connectivity index is 2.05. The highest BCUT2D eigenvalue weighted by Gasteiger charge is 2.36. The first-order valence-electron chi connectivity index (χ1n) is 7.41. The number of likely N-dealkylation sites (tertiary alicyclic amines) is 1. The van der Waals surface area contributed by atoms with Crippen LogP contribution in [0.5, 0.6) is 0 Å². The van der Waals surface area contributed by atoms with E-state index < -0.39 is 12.3 Å². The van der Waals surface area contributed by atoms with Gasteiger partial charge in [0.1, 0.15) is 0 Å². The van der Waals surface area contributed by atoms with Crippen molar-refractivity contribution in [2.45, 2.75) is 18.5 Å². The van der Waals surface area contributed by atoms with Gasteiger partial charge in [0, 0.05) is 32.1 Å². The second kappa shape index (κ2) is 7.32. The van der Waals surface area contributed by atoms with Crippen LogP contribution in [0.4, 0.5) is 4.39 Å². The maximum Gasteiger partial charge on any atom is 0.252 e. The Morgan fingerprint density at radius 3 is 3.00 bits per heavy atom. The highest BCUT2D eigenvalue weighted by molar-refractivity contribution is 5.95. The van der Waals surface area contributed by atoms with E-state index in [1.807, 2.05) is 0 Å². The fourth-order valence-corrected chi connectivity index (χ4v) is 2.49. The van der Waals surface area contributed by atoms with Crippen molar-refractivity contribution in [1.82, 2.24) is 15.2 Å². The molecule has 2 amide bonds. The second-order valence-electron chi connectivity index (χ2n) is 5.59. The number of aliphatic hydroxyl groups excluding tert-OH is 1. The zero-order valence-electron chi connectivity index (χ0n) is 13.0. The molecule has 1 aromatic rings. The third-order valence-electron chi connectivity index (χ3n) is 3.79. The zero-order valence-corrected chi connectivity index (χ0v) is 13.0. The molecule has 23 heavy (non-hydrogen) atoms. The molecule has 7 heteroatoms. The van der Waals surface area contributed by atoms with E-state index in [2.05, 4.69) is 10.3 Å². The van der Waals surface area contributed by atoms with Crippen LogP contribution in [0, 0.1) is 0 Å². The molecule has 124 valence electrons. The van der Waals surface area contributed by atoms with Gasteiger partial charge in [-0.2, -0.15) is 0 Å². The summed E-state index contributed by atoms with van der Waals surface area (Å²) in [4.78, 5) is 29.0. The van der Waals surface area contributed by atoms with Crippen LogP contribution < -0.4 is 5.32 Å². The Labute approximate surface area is 134 Å². The number of pyridine rings is 1. The van der Waals surface area contributed by atoms with Gasteiger partial charge in [-0.25, -0.2) is 4.39 Å². The Morgan fingerprint density at radius 1 is 1.52 bits per heavy atom. The van der Waals surface area contributed by atoms with Crippen LogP contribution in [0.1, 0.15) is 28.8 Å².